The van der Waals surface area contributed by atoms with Crippen molar-refractivity contribution in [2.75, 3.05) is 6.54 Å². The molecule has 0 unspecified atom stereocenters. The van der Waals surface area contributed by atoms with Gasteiger partial charge in [0.15, 0.2) is 0 Å². The van der Waals surface area contributed by atoms with Crippen molar-refractivity contribution in [2.24, 2.45) is 0 Å². The third kappa shape index (κ3) is 2.87. The summed E-state index contributed by atoms with van der Waals surface area (Å²) in [6.07, 6.45) is 0.571. The molecule has 1 aliphatic heterocycles. The van der Waals surface area contributed by atoms with Crippen LogP contribution in [0.3, 0.4) is 0 Å². The highest BCUT2D eigenvalue weighted by atomic mass is 32.2. The van der Waals surface area contributed by atoms with E-state index in [1.807, 2.05) is 30.3 Å². The second kappa shape index (κ2) is 6.23. The molecule has 5 nitrogen and oxygen atoms in total. The Hall–Kier alpha value is -2.70. The van der Waals surface area contributed by atoms with Crippen LogP contribution in [0.25, 0.3) is 10.8 Å². The molecule has 3 aromatic rings. The smallest absolute Gasteiger partial charge is 0.335 e. The standard InChI is InChI=1S/C20H17NO4S/c22-20(23)17-6-5-15-9-10-21(13-18(15)11-17)26(24,25)19-8-7-14-3-1-2-4-16(14)12-19/h1-8,11-12H,9-10,13H2,(H,22,23). The summed E-state index contributed by atoms with van der Waals surface area (Å²) in [7, 11) is -3.64. The van der Waals surface area contributed by atoms with Crippen LogP contribution in [0.15, 0.2) is 65.6 Å². The zero-order valence-corrected chi connectivity index (χ0v) is 14.7. The number of sulfonamides is 1. The molecule has 1 heterocycles. The Labute approximate surface area is 151 Å². The lowest BCUT2D eigenvalue weighted by Crippen LogP contribution is -2.36. The van der Waals surface area contributed by atoms with E-state index < -0.39 is 16.0 Å². The SMILES string of the molecule is O=C(O)c1ccc2c(c1)CN(S(=O)(=O)c1ccc3ccccc3c1)CC2. The van der Waals surface area contributed by atoms with Crippen LogP contribution in [0.4, 0.5) is 0 Å². The molecule has 0 saturated carbocycles. The summed E-state index contributed by atoms with van der Waals surface area (Å²) in [5.74, 6) is -1.01. The summed E-state index contributed by atoms with van der Waals surface area (Å²) in [4.78, 5) is 11.4. The molecule has 132 valence electrons. The summed E-state index contributed by atoms with van der Waals surface area (Å²) in [6.45, 7) is 0.570. The molecule has 1 N–H and O–H groups in total. The number of nitrogens with zero attached hydrogens (tertiary/aromatic N) is 1. The molecule has 3 aromatic carbocycles. The van der Waals surface area contributed by atoms with Gasteiger partial charge < -0.3 is 5.11 Å². The fourth-order valence-electron chi connectivity index (χ4n) is 3.35. The summed E-state index contributed by atoms with van der Waals surface area (Å²) in [6, 6.07) is 17.7. The van der Waals surface area contributed by atoms with Gasteiger partial charge in [0.05, 0.1) is 10.5 Å². The van der Waals surface area contributed by atoms with E-state index in [2.05, 4.69) is 0 Å². The molecule has 0 atom stereocenters. The summed E-state index contributed by atoms with van der Waals surface area (Å²) >= 11 is 0. The average molecular weight is 367 g/mol. The Morgan fingerprint density at radius 2 is 1.69 bits per heavy atom. The van der Waals surface area contributed by atoms with Gasteiger partial charge in [0.25, 0.3) is 0 Å². The first-order chi connectivity index (χ1) is 12.4. The molecular weight excluding hydrogens is 350 g/mol. The van der Waals surface area contributed by atoms with Crippen LogP contribution in [0.5, 0.6) is 0 Å². The van der Waals surface area contributed by atoms with Gasteiger partial charge in [-0.25, -0.2) is 13.2 Å². The first-order valence-electron chi connectivity index (χ1n) is 8.29. The zero-order chi connectivity index (χ0) is 18.3. The van der Waals surface area contributed by atoms with Gasteiger partial charge in [0, 0.05) is 13.1 Å². The normalized spacial score (nSPS) is 14.9. The Balaban J connectivity index is 1.70. The zero-order valence-electron chi connectivity index (χ0n) is 13.9. The van der Waals surface area contributed by atoms with Crippen molar-refractivity contribution in [1.82, 2.24) is 4.31 Å². The van der Waals surface area contributed by atoms with Crippen LogP contribution in [-0.4, -0.2) is 30.3 Å². The lowest BCUT2D eigenvalue weighted by molar-refractivity contribution is 0.0696. The monoisotopic (exact) mass is 367 g/mol. The van der Waals surface area contributed by atoms with Gasteiger partial charge in [-0.15, -0.1) is 0 Å². The molecule has 26 heavy (non-hydrogen) atoms. The molecule has 0 aliphatic carbocycles. The number of aromatic carboxylic acids is 1. The van der Waals surface area contributed by atoms with Crippen LogP contribution in [0, 0.1) is 0 Å². The number of carboxylic acid groups (broad SMARTS) is 1. The van der Waals surface area contributed by atoms with Crippen molar-refractivity contribution in [3.8, 4) is 0 Å². The molecular formula is C20H17NO4S. The highest BCUT2D eigenvalue weighted by Crippen LogP contribution is 2.27. The fourth-order valence-corrected chi connectivity index (χ4v) is 4.80. The number of carbonyl (C=O) groups is 1. The van der Waals surface area contributed by atoms with E-state index in [1.165, 1.54) is 4.31 Å². The van der Waals surface area contributed by atoms with E-state index in [4.69, 9.17) is 5.11 Å². The highest BCUT2D eigenvalue weighted by Gasteiger charge is 2.28. The molecule has 1 aliphatic rings. The van der Waals surface area contributed by atoms with Gasteiger partial charge in [-0.3, -0.25) is 0 Å². The molecule has 0 amide bonds. The van der Waals surface area contributed by atoms with E-state index in [9.17, 15) is 13.2 Å². The predicted molar refractivity (Wildman–Crippen MR) is 98.6 cm³/mol. The van der Waals surface area contributed by atoms with E-state index in [1.54, 1.807) is 30.3 Å². The van der Waals surface area contributed by atoms with Gasteiger partial charge in [-0.2, -0.15) is 4.31 Å². The van der Waals surface area contributed by atoms with E-state index in [-0.39, 0.29) is 17.0 Å². The largest absolute Gasteiger partial charge is 0.478 e. The Bertz CT molecular complexity index is 1120. The quantitative estimate of drug-likeness (QED) is 0.771. The molecule has 0 radical (unpaired) electrons. The van der Waals surface area contributed by atoms with Crippen molar-refractivity contribution >= 4 is 26.8 Å². The molecule has 0 aromatic heterocycles. The van der Waals surface area contributed by atoms with Gasteiger partial charge in [0.2, 0.25) is 10.0 Å². The molecule has 0 saturated heterocycles. The first kappa shape index (κ1) is 16.8. The number of carboxylic acids is 1. The van der Waals surface area contributed by atoms with Crippen molar-refractivity contribution in [1.29, 1.82) is 0 Å². The first-order valence-corrected chi connectivity index (χ1v) is 9.73. The number of hydrogen-bond acceptors (Lipinski definition) is 3. The van der Waals surface area contributed by atoms with Crippen molar-refractivity contribution in [3.05, 3.63) is 77.4 Å². The minimum atomic E-state index is -3.64. The third-order valence-electron chi connectivity index (χ3n) is 4.79. The van der Waals surface area contributed by atoms with Crippen molar-refractivity contribution in [2.45, 2.75) is 17.9 Å². The second-order valence-corrected chi connectivity index (χ2v) is 8.32. The molecule has 6 heteroatoms. The lowest BCUT2D eigenvalue weighted by Gasteiger charge is -2.28. The average Bonchev–Trinajstić information content (AvgIpc) is 2.66. The molecule has 0 spiro atoms. The van der Waals surface area contributed by atoms with Crippen LogP contribution in [0.2, 0.25) is 0 Å². The summed E-state index contributed by atoms with van der Waals surface area (Å²) < 4.78 is 27.6. The Kier molecular flexibility index (Phi) is 4.01. The molecule has 4 rings (SSSR count). The second-order valence-electron chi connectivity index (χ2n) is 6.39. The lowest BCUT2D eigenvalue weighted by atomic mass is 9.99. The third-order valence-corrected chi connectivity index (χ3v) is 6.63. The maximum absolute atomic E-state index is 13.1. The highest BCUT2D eigenvalue weighted by molar-refractivity contribution is 7.89. The van der Waals surface area contributed by atoms with Gasteiger partial charge in [-0.05, 0) is 52.6 Å². The fraction of sp³-hybridized carbons (Fsp3) is 0.150. The van der Waals surface area contributed by atoms with Gasteiger partial charge >= 0.3 is 5.97 Å². The predicted octanol–water partition coefficient (Wildman–Crippen LogP) is 3.29. The van der Waals surface area contributed by atoms with E-state index >= 15 is 0 Å². The molecule has 0 bridgehead atoms. The summed E-state index contributed by atoms with van der Waals surface area (Å²) in [5.41, 5.74) is 1.93. The van der Waals surface area contributed by atoms with Crippen molar-refractivity contribution < 1.29 is 18.3 Å². The van der Waals surface area contributed by atoms with Crippen LogP contribution in [-0.2, 0) is 23.0 Å². The number of hydrogen-bond donors (Lipinski definition) is 1. The number of benzene rings is 3. The topological polar surface area (TPSA) is 74.7 Å². The van der Waals surface area contributed by atoms with Gasteiger partial charge in [-0.1, -0.05) is 36.4 Å². The van der Waals surface area contributed by atoms with Gasteiger partial charge in [0.1, 0.15) is 0 Å². The van der Waals surface area contributed by atoms with E-state index in [0.29, 0.717) is 13.0 Å². The number of fused-ring (bicyclic) bond motifs is 2. The maximum atomic E-state index is 13.1. The van der Waals surface area contributed by atoms with E-state index in [0.717, 1.165) is 21.9 Å². The Morgan fingerprint density at radius 1 is 0.923 bits per heavy atom. The van der Waals surface area contributed by atoms with Crippen LogP contribution in [0.1, 0.15) is 21.5 Å². The minimum absolute atomic E-state index is 0.175. The minimum Gasteiger partial charge on any atom is -0.478 e. The maximum Gasteiger partial charge on any atom is 0.335 e. The summed E-state index contributed by atoms with van der Waals surface area (Å²) in [5, 5.41) is 11.0. The number of rotatable bonds is 3. The van der Waals surface area contributed by atoms with Crippen molar-refractivity contribution in [3.63, 3.8) is 0 Å². The van der Waals surface area contributed by atoms with Crippen LogP contribution < -0.4 is 0 Å². The Morgan fingerprint density at radius 3 is 2.46 bits per heavy atom. The molecule has 0 fully saturated rings. The van der Waals surface area contributed by atoms with Crippen LogP contribution >= 0.6 is 0 Å².